The highest BCUT2D eigenvalue weighted by atomic mass is 32.2. The molecule has 0 aliphatic heterocycles. The second kappa shape index (κ2) is 6.74. The summed E-state index contributed by atoms with van der Waals surface area (Å²) in [6, 6.07) is 4.46. The zero-order valence-corrected chi connectivity index (χ0v) is 12.2. The van der Waals surface area contributed by atoms with Crippen LogP contribution in [-0.4, -0.2) is 40.5 Å². The van der Waals surface area contributed by atoms with Gasteiger partial charge < -0.3 is 16.0 Å². The molecule has 0 bridgehead atoms. The lowest BCUT2D eigenvalue weighted by Gasteiger charge is -2.12. The molecule has 6 nitrogen and oxygen atoms in total. The molecule has 1 rings (SSSR count). The van der Waals surface area contributed by atoms with E-state index >= 15 is 0 Å². The maximum atomic E-state index is 11.2. The Kier molecular flexibility index (Phi) is 5.59. The fourth-order valence-electron chi connectivity index (χ4n) is 1.65. The lowest BCUT2D eigenvalue weighted by atomic mass is 10.2. The first-order valence-corrected chi connectivity index (χ1v) is 7.66. The van der Waals surface area contributed by atoms with E-state index in [9.17, 15) is 8.42 Å². The first-order valence-electron chi connectivity index (χ1n) is 6.11. The zero-order chi connectivity index (χ0) is 14.5. The van der Waals surface area contributed by atoms with E-state index in [-0.39, 0.29) is 4.90 Å². The SMILES string of the molecule is CN(C)CCCCNc1ccc(S(N)(=O)=O)cc1N. The smallest absolute Gasteiger partial charge is 0.238 e. The highest BCUT2D eigenvalue weighted by Gasteiger charge is 2.09. The molecule has 0 fully saturated rings. The van der Waals surface area contributed by atoms with Crippen LogP contribution in [0.25, 0.3) is 0 Å². The fourth-order valence-corrected chi connectivity index (χ4v) is 2.20. The van der Waals surface area contributed by atoms with E-state index in [0.717, 1.165) is 31.6 Å². The van der Waals surface area contributed by atoms with Crippen LogP contribution in [0.2, 0.25) is 0 Å². The summed E-state index contributed by atoms with van der Waals surface area (Å²) in [5, 5.41) is 8.22. The molecule has 5 N–H and O–H groups in total. The van der Waals surface area contributed by atoms with Crippen LogP contribution in [0.3, 0.4) is 0 Å². The van der Waals surface area contributed by atoms with Gasteiger partial charge in [0.2, 0.25) is 10.0 Å². The van der Waals surface area contributed by atoms with Gasteiger partial charge in [0.15, 0.2) is 0 Å². The van der Waals surface area contributed by atoms with Crippen molar-refractivity contribution >= 4 is 21.4 Å². The average Bonchev–Trinajstić information content (AvgIpc) is 2.28. The molecule has 0 radical (unpaired) electrons. The molecule has 0 spiro atoms. The number of anilines is 2. The van der Waals surface area contributed by atoms with Crippen molar-refractivity contribution in [3.8, 4) is 0 Å². The molecule has 108 valence electrons. The van der Waals surface area contributed by atoms with Gasteiger partial charge in [0.05, 0.1) is 16.3 Å². The molecule has 0 saturated heterocycles. The molecular formula is C12H22N4O2S. The minimum absolute atomic E-state index is 0.0307. The highest BCUT2D eigenvalue weighted by molar-refractivity contribution is 7.89. The monoisotopic (exact) mass is 286 g/mol. The van der Waals surface area contributed by atoms with Gasteiger partial charge in [-0.15, -0.1) is 0 Å². The van der Waals surface area contributed by atoms with Crippen LogP contribution in [0.4, 0.5) is 11.4 Å². The predicted molar refractivity (Wildman–Crippen MR) is 78.5 cm³/mol. The fraction of sp³-hybridized carbons (Fsp3) is 0.500. The van der Waals surface area contributed by atoms with E-state index in [0.29, 0.717) is 5.69 Å². The number of hydrogen-bond donors (Lipinski definition) is 3. The van der Waals surface area contributed by atoms with Gasteiger partial charge in [-0.05, 0) is 51.7 Å². The normalized spacial score (nSPS) is 11.8. The molecule has 0 saturated carbocycles. The maximum Gasteiger partial charge on any atom is 0.238 e. The predicted octanol–water partition coefficient (Wildman–Crippen LogP) is 0.670. The van der Waals surface area contributed by atoms with Crippen LogP contribution in [0.5, 0.6) is 0 Å². The van der Waals surface area contributed by atoms with Crippen molar-refractivity contribution in [3.63, 3.8) is 0 Å². The number of sulfonamides is 1. The van der Waals surface area contributed by atoms with Crippen LogP contribution < -0.4 is 16.2 Å². The van der Waals surface area contributed by atoms with Crippen LogP contribution in [-0.2, 0) is 10.0 Å². The zero-order valence-electron chi connectivity index (χ0n) is 11.4. The van der Waals surface area contributed by atoms with Gasteiger partial charge in [-0.2, -0.15) is 0 Å². The Morgan fingerprint density at radius 1 is 1.26 bits per heavy atom. The largest absolute Gasteiger partial charge is 0.397 e. The molecule has 0 aliphatic carbocycles. The first-order chi connectivity index (χ1) is 8.80. The van der Waals surface area contributed by atoms with Crippen LogP contribution in [0.15, 0.2) is 23.1 Å². The van der Waals surface area contributed by atoms with Crippen LogP contribution in [0, 0.1) is 0 Å². The van der Waals surface area contributed by atoms with E-state index in [2.05, 4.69) is 10.2 Å². The number of primary sulfonamides is 1. The van der Waals surface area contributed by atoms with Crippen molar-refractivity contribution in [2.24, 2.45) is 5.14 Å². The molecular weight excluding hydrogens is 264 g/mol. The van der Waals surface area contributed by atoms with Crippen molar-refractivity contribution in [2.75, 3.05) is 38.2 Å². The Labute approximate surface area is 114 Å². The third kappa shape index (κ3) is 5.46. The molecule has 1 aromatic carbocycles. The third-order valence-corrected chi connectivity index (χ3v) is 3.61. The van der Waals surface area contributed by atoms with Crippen LogP contribution >= 0.6 is 0 Å². The van der Waals surface area contributed by atoms with Crippen molar-refractivity contribution in [3.05, 3.63) is 18.2 Å². The van der Waals surface area contributed by atoms with E-state index in [4.69, 9.17) is 10.9 Å². The summed E-state index contributed by atoms with van der Waals surface area (Å²) < 4.78 is 22.3. The van der Waals surface area contributed by atoms with Gasteiger partial charge in [-0.3, -0.25) is 0 Å². The van der Waals surface area contributed by atoms with Crippen molar-refractivity contribution in [2.45, 2.75) is 17.7 Å². The number of nitrogen functional groups attached to an aromatic ring is 1. The Balaban J connectivity index is 2.52. The van der Waals surface area contributed by atoms with Gasteiger partial charge in [0.1, 0.15) is 0 Å². The molecule has 0 atom stereocenters. The van der Waals surface area contributed by atoms with Crippen molar-refractivity contribution < 1.29 is 8.42 Å². The van der Waals surface area contributed by atoms with E-state index in [1.54, 1.807) is 6.07 Å². The summed E-state index contributed by atoms with van der Waals surface area (Å²) in [6.07, 6.45) is 2.11. The summed E-state index contributed by atoms with van der Waals surface area (Å²) >= 11 is 0. The number of nitrogens with zero attached hydrogens (tertiary/aromatic N) is 1. The topological polar surface area (TPSA) is 101 Å². The number of benzene rings is 1. The quantitative estimate of drug-likeness (QED) is 0.505. The Morgan fingerprint density at radius 2 is 1.95 bits per heavy atom. The molecule has 7 heteroatoms. The molecule has 0 amide bonds. The second-order valence-corrected chi connectivity index (χ2v) is 6.29. The summed E-state index contributed by atoms with van der Waals surface area (Å²) in [5.41, 5.74) is 6.91. The summed E-state index contributed by atoms with van der Waals surface area (Å²) in [5.74, 6) is 0. The van der Waals surface area contributed by atoms with Gasteiger partial charge in [0.25, 0.3) is 0 Å². The highest BCUT2D eigenvalue weighted by Crippen LogP contribution is 2.21. The Morgan fingerprint density at radius 3 is 2.47 bits per heavy atom. The molecule has 0 aromatic heterocycles. The summed E-state index contributed by atoms with van der Waals surface area (Å²) in [4.78, 5) is 2.16. The number of nitrogens with one attached hydrogen (secondary N) is 1. The second-order valence-electron chi connectivity index (χ2n) is 4.73. The molecule has 1 aromatic rings. The number of unbranched alkanes of at least 4 members (excludes halogenated alkanes) is 1. The Hall–Kier alpha value is -1.31. The molecule has 0 aliphatic rings. The minimum Gasteiger partial charge on any atom is -0.397 e. The van der Waals surface area contributed by atoms with Crippen molar-refractivity contribution in [1.82, 2.24) is 4.90 Å². The third-order valence-electron chi connectivity index (χ3n) is 2.70. The minimum atomic E-state index is -3.69. The number of hydrogen-bond acceptors (Lipinski definition) is 5. The van der Waals surface area contributed by atoms with Gasteiger partial charge in [-0.25, -0.2) is 13.6 Å². The number of rotatable bonds is 7. The molecule has 19 heavy (non-hydrogen) atoms. The lowest BCUT2D eigenvalue weighted by molar-refractivity contribution is 0.396. The maximum absolute atomic E-state index is 11.2. The molecule has 0 heterocycles. The van der Waals surface area contributed by atoms with Gasteiger partial charge in [-0.1, -0.05) is 0 Å². The van der Waals surface area contributed by atoms with Crippen LogP contribution in [0.1, 0.15) is 12.8 Å². The molecule has 0 unspecified atom stereocenters. The average molecular weight is 286 g/mol. The first kappa shape index (κ1) is 15.7. The summed E-state index contributed by atoms with van der Waals surface area (Å²) in [6.45, 7) is 1.84. The standard InChI is InChI=1S/C12H22N4O2S/c1-16(2)8-4-3-7-15-12-6-5-10(9-11(12)13)19(14,17)18/h5-6,9,15H,3-4,7-8,13H2,1-2H3,(H2,14,17,18). The van der Waals surface area contributed by atoms with E-state index in [1.165, 1.54) is 12.1 Å². The van der Waals surface area contributed by atoms with E-state index in [1.807, 2.05) is 14.1 Å². The number of nitrogens with two attached hydrogens (primary N) is 2. The van der Waals surface area contributed by atoms with Gasteiger partial charge >= 0.3 is 0 Å². The van der Waals surface area contributed by atoms with Crippen molar-refractivity contribution in [1.29, 1.82) is 0 Å². The van der Waals surface area contributed by atoms with Gasteiger partial charge in [0, 0.05) is 6.54 Å². The lowest BCUT2D eigenvalue weighted by Crippen LogP contribution is -2.15. The van der Waals surface area contributed by atoms with E-state index < -0.39 is 10.0 Å². The summed E-state index contributed by atoms with van der Waals surface area (Å²) in [7, 11) is 0.384. The Bertz CT molecular complexity index is 514.